The number of aromatic amines is 1. The highest BCUT2D eigenvalue weighted by atomic mass is 16.5. The first-order valence-electron chi connectivity index (χ1n) is 6.84. The van der Waals surface area contributed by atoms with Crippen molar-refractivity contribution in [2.24, 2.45) is 0 Å². The van der Waals surface area contributed by atoms with Crippen molar-refractivity contribution in [3.8, 4) is 5.75 Å². The van der Waals surface area contributed by atoms with Gasteiger partial charge in [-0.05, 0) is 37.1 Å². The summed E-state index contributed by atoms with van der Waals surface area (Å²) in [7, 11) is 0. The van der Waals surface area contributed by atoms with Gasteiger partial charge >= 0.3 is 0 Å². The molecule has 20 heavy (non-hydrogen) atoms. The predicted octanol–water partition coefficient (Wildman–Crippen LogP) is 2.10. The Morgan fingerprint density at radius 2 is 1.80 bits per heavy atom. The first-order chi connectivity index (χ1) is 9.80. The summed E-state index contributed by atoms with van der Waals surface area (Å²) in [5.74, 6) is 0.815. The van der Waals surface area contributed by atoms with Gasteiger partial charge in [-0.2, -0.15) is 0 Å². The summed E-state index contributed by atoms with van der Waals surface area (Å²) in [4.78, 5) is 3.14. The topological polar surface area (TPSA) is 65.5 Å². The number of H-pyrrole nitrogens is 1. The van der Waals surface area contributed by atoms with E-state index < -0.39 is 5.41 Å². The van der Waals surface area contributed by atoms with Gasteiger partial charge in [0.2, 0.25) is 0 Å². The maximum atomic E-state index is 9.79. The van der Waals surface area contributed by atoms with Gasteiger partial charge < -0.3 is 19.9 Å². The second kappa shape index (κ2) is 7.12. The van der Waals surface area contributed by atoms with Gasteiger partial charge in [-0.25, -0.2) is 0 Å². The van der Waals surface area contributed by atoms with Crippen LogP contribution in [0.5, 0.6) is 5.75 Å². The van der Waals surface area contributed by atoms with Gasteiger partial charge in [0.05, 0.1) is 13.2 Å². The molecule has 0 amide bonds. The van der Waals surface area contributed by atoms with E-state index in [1.807, 2.05) is 48.7 Å². The van der Waals surface area contributed by atoms with Crippen molar-refractivity contribution in [3.63, 3.8) is 0 Å². The molecule has 0 spiro atoms. The molecule has 108 valence electrons. The van der Waals surface area contributed by atoms with E-state index in [4.69, 9.17) is 4.74 Å². The van der Waals surface area contributed by atoms with Crippen molar-refractivity contribution in [3.05, 3.63) is 54.4 Å². The third-order valence-corrected chi connectivity index (χ3v) is 3.65. The number of ether oxygens (including phenoxy) is 1. The molecule has 1 aromatic carbocycles. The van der Waals surface area contributed by atoms with Gasteiger partial charge in [-0.3, -0.25) is 0 Å². The second-order valence-electron chi connectivity index (χ2n) is 4.91. The van der Waals surface area contributed by atoms with Gasteiger partial charge in [-0.1, -0.05) is 18.2 Å². The Hall–Kier alpha value is -1.78. The third-order valence-electron chi connectivity index (χ3n) is 3.65. The number of aromatic nitrogens is 1. The fourth-order valence-electron chi connectivity index (χ4n) is 2.39. The average Bonchev–Trinajstić information content (AvgIpc) is 3.02. The van der Waals surface area contributed by atoms with E-state index in [1.54, 1.807) is 0 Å². The predicted molar refractivity (Wildman–Crippen MR) is 77.8 cm³/mol. The highest BCUT2D eigenvalue weighted by Crippen LogP contribution is 2.30. The first-order valence-corrected chi connectivity index (χ1v) is 6.84. The average molecular weight is 275 g/mol. The maximum Gasteiger partial charge on any atom is 0.119 e. The highest BCUT2D eigenvalue weighted by Gasteiger charge is 2.32. The van der Waals surface area contributed by atoms with Gasteiger partial charge in [0.1, 0.15) is 5.75 Å². The van der Waals surface area contributed by atoms with Gasteiger partial charge in [-0.15, -0.1) is 0 Å². The number of aliphatic hydroxyl groups excluding tert-OH is 2. The minimum Gasteiger partial charge on any atom is -0.494 e. The molecule has 1 unspecified atom stereocenters. The Morgan fingerprint density at radius 1 is 1.00 bits per heavy atom. The second-order valence-corrected chi connectivity index (χ2v) is 4.91. The molecular formula is C16H21NO3. The SMILES string of the molecule is OCCC(CO)(CCOc1ccccc1)c1ccc[nH]1. The number of rotatable bonds is 8. The lowest BCUT2D eigenvalue weighted by molar-refractivity contribution is 0.124. The number of benzene rings is 1. The smallest absolute Gasteiger partial charge is 0.119 e. The highest BCUT2D eigenvalue weighted by molar-refractivity contribution is 5.21. The minimum absolute atomic E-state index is 0.0216. The molecular weight excluding hydrogens is 254 g/mol. The molecule has 0 aliphatic carbocycles. The Bertz CT molecular complexity index is 484. The Morgan fingerprint density at radius 3 is 2.40 bits per heavy atom. The fraction of sp³-hybridized carbons (Fsp3) is 0.375. The summed E-state index contributed by atoms with van der Waals surface area (Å²) in [6.45, 7) is 0.501. The molecule has 1 heterocycles. The van der Waals surface area contributed by atoms with Crippen molar-refractivity contribution in [1.82, 2.24) is 4.98 Å². The molecule has 2 aromatic rings. The van der Waals surface area contributed by atoms with Crippen LogP contribution in [0.4, 0.5) is 0 Å². The molecule has 1 aromatic heterocycles. The Labute approximate surface area is 119 Å². The number of hydrogen-bond acceptors (Lipinski definition) is 3. The Kier molecular flexibility index (Phi) is 5.21. The molecule has 0 bridgehead atoms. The minimum atomic E-state index is -0.479. The lowest BCUT2D eigenvalue weighted by atomic mass is 9.79. The van der Waals surface area contributed by atoms with Crippen LogP contribution in [0.25, 0.3) is 0 Å². The quantitative estimate of drug-likeness (QED) is 0.691. The molecule has 0 saturated carbocycles. The van der Waals surface area contributed by atoms with Crippen molar-refractivity contribution in [1.29, 1.82) is 0 Å². The number of aliphatic hydroxyl groups is 2. The number of nitrogens with one attached hydrogen (secondary N) is 1. The van der Waals surface area contributed by atoms with E-state index >= 15 is 0 Å². The normalized spacial score (nSPS) is 13.9. The summed E-state index contributed by atoms with van der Waals surface area (Å²) < 4.78 is 5.70. The zero-order valence-electron chi connectivity index (χ0n) is 11.5. The van der Waals surface area contributed by atoms with E-state index in [0.29, 0.717) is 19.4 Å². The van der Waals surface area contributed by atoms with Crippen LogP contribution in [0.2, 0.25) is 0 Å². The van der Waals surface area contributed by atoms with Crippen molar-refractivity contribution in [2.75, 3.05) is 19.8 Å². The van der Waals surface area contributed by atoms with Gasteiger partial charge in [0.25, 0.3) is 0 Å². The van der Waals surface area contributed by atoms with Crippen molar-refractivity contribution >= 4 is 0 Å². The standard InChI is InChI=1S/C16H21NO3/c18-11-8-16(13-19,15-7-4-10-17-15)9-12-20-14-5-2-1-3-6-14/h1-7,10,17-19H,8-9,11-13H2. The summed E-state index contributed by atoms with van der Waals surface area (Å²) in [6.07, 6.45) is 2.97. The van der Waals surface area contributed by atoms with Crippen LogP contribution in [0.3, 0.4) is 0 Å². The van der Waals surface area contributed by atoms with Gasteiger partial charge in [0, 0.05) is 23.9 Å². The van der Waals surface area contributed by atoms with E-state index in [0.717, 1.165) is 11.4 Å². The van der Waals surface area contributed by atoms with Crippen LogP contribution >= 0.6 is 0 Å². The molecule has 0 radical (unpaired) electrons. The Balaban J connectivity index is 2.01. The number of hydrogen-bond donors (Lipinski definition) is 3. The van der Waals surface area contributed by atoms with E-state index in [9.17, 15) is 10.2 Å². The summed E-state index contributed by atoms with van der Waals surface area (Å²) in [5, 5.41) is 19.1. The molecule has 2 rings (SSSR count). The van der Waals surface area contributed by atoms with E-state index in [-0.39, 0.29) is 13.2 Å². The van der Waals surface area contributed by atoms with Crippen LogP contribution in [-0.4, -0.2) is 35.0 Å². The lowest BCUT2D eigenvalue weighted by Gasteiger charge is -2.30. The molecule has 3 N–H and O–H groups in total. The summed E-state index contributed by atoms with van der Waals surface area (Å²) in [6, 6.07) is 13.4. The first kappa shape index (κ1) is 14.6. The van der Waals surface area contributed by atoms with E-state index in [2.05, 4.69) is 4.98 Å². The fourth-order valence-corrected chi connectivity index (χ4v) is 2.39. The number of para-hydroxylation sites is 1. The molecule has 0 saturated heterocycles. The molecule has 4 nitrogen and oxygen atoms in total. The largest absolute Gasteiger partial charge is 0.494 e. The van der Waals surface area contributed by atoms with Crippen molar-refractivity contribution in [2.45, 2.75) is 18.3 Å². The molecule has 0 fully saturated rings. The molecule has 0 aliphatic rings. The van der Waals surface area contributed by atoms with Crippen molar-refractivity contribution < 1.29 is 14.9 Å². The maximum absolute atomic E-state index is 9.79. The van der Waals surface area contributed by atoms with E-state index in [1.165, 1.54) is 0 Å². The zero-order valence-corrected chi connectivity index (χ0v) is 11.5. The van der Waals surface area contributed by atoms with Crippen LogP contribution in [-0.2, 0) is 5.41 Å². The lowest BCUT2D eigenvalue weighted by Crippen LogP contribution is -2.34. The molecule has 1 atom stereocenters. The van der Waals surface area contributed by atoms with Gasteiger partial charge in [0.15, 0.2) is 0 Å². The summed E-state index contributed by atoms with van der Waals surface area (Å²) >= 11 is 0. The molecule has 4 heteroatoms. The van der Waals surface area contributed by atoms with Crippen LogP contribution in [0.15, 0.2) is 48.7 Å². The zero-order chi connectivity index (χ0) is 14.3. The van der Waals surface area contributed by atoms with Crippen LogP contribution < -0.4 is 4.74 Å². The summed E-state index contributed by atoms with van der Waals surface area (Å²) in [5.41, 5.74) is 0.457. The monoisotopic (exact) mass is 275 g/mol. The third kappa shape index (κ3) is 3.40. The van der Waals surface area contributed by atoms with Crippen LogP contribution in [0.1, 0.15) is 18.5 Å². The van der Waals surface area contributed by atoms with Crippen LogP contribution in [0, 0.1) is 0 Å². The molecule has 0 aliphatic heterocycles.